The van der Waals surface area contributed by atoms with Gasteiger partial charge in [-0.25, -0.2) is 9.18 Å². The number of halogens is 3. The van der Waals surface area contributed by atoms with Crippen molar-refractivity contribution in [2.45, 2.75) is 57.2 Å². The lowest BCUT2D eigenvalue weighted by Crippen LogP contribution is -2.48. The van der Waals surface area contributed by atoms with Crippen LogP contribution >= 0.6 is 23.2 Å². The van der Waals surface area contributed by atoms with Crippen molar-refractivity contribution in [1.82, 2.24) is 5.32 Å². The summed E-state index contributed by atoms with van der Waals surface area (Å²) in [6.45, 7) is 7.42. The molecule has 0 bridgehead atoms. The molecule has 2 aliphatic heterocycles. The van der Waals surface area contributed by atoms with E-state index in [1.165, 1.54) is 31.4 Å². The Labute approximate surface area is 295 Å². The van der Waals surface area contributed by atoms with Crippen LogP contribution in [0.2, 0.25) is 10.0 Å². The number of aromatic carboxylic acids is 1. The van der Waals surface area contributed by atoms with Gasteiger partial charge in [-0.05, 0) is 77.1 Å². The number of hydrogen-bond acceptors (Lipinski definition) is 6. The fourth-order valence-corrected chi connectivity index (χ4v) is 7.95. The highest BCUT2D eigenvalue weighted by Crippen LogP contribution is 2.58. The van der Waals surface area contributed by atoms with Crippen LogP contribution in [-0.2, 0) is 16.8 Å². The SMILES string of the molecule is COc1cc(C(=O)O)ccc1NC(=O)[C@@H]1NC(CC(C)(C)C)[C@@]2(CN(Cc3ccc(N)cc3)c3cc(Cl)ccc32)[C@H]1c1cccc(Cl)c1F. The normalized spacial score (nSPS) is 21.5. The highest BCUT2D eigenvalue weighted by Gasteiger charge is 2.63. The van der Waals surface area contributed by atoms with E-state index < -0.39 is 35.1 Å². The molecule has 2 aliphatic rings. The summed E-state index contributed by atoms with van der Waals surface area (Å²) in [6, 6.07) is 21.4. The van der Waals surface area contributed by atoms with Gasteiger partial charge in [-0.2, -0.15) is 0 Å². The highest BCUT2D eigenvalue weighted by molar-refractivity contribution is 6.31. The Bertz CT molecular complexity index is 1920. The van der Waals surface area contributed by atoms with Gasteiger partial charge >= 0.3 is 5.97 Å². The van der Waals surface area contributed by atoms with Gasteiger partial charge in [0.2, 0.25) is 5.91 Å². The molecule has 49 heavy (non-hydrogen) atoms. The maximum absolute atomic E-state index is 16.4. The number of benzene rings is 4. The van der Waals surface area contributed by atoms with E-state index in [4.69, 9.17) is 33.7 Å². The first-order valence-electron chi connectivity index (χ1n) is 16.0. The minimum atomic E-state index is -1.12. The molecule has 0 radical (unpaired) electrons. The molecule has 1 unspecified atom stereocenters. The summed E-state index contributed by atoms with van der Waals surface area (Å²) in [4.78, 5) is 28.4. The highest BCUT2D eigenvalue weighted by atomic mass is 35.5. The Balaban J connectivity index is 1.53. The Morgan fingerprint density at radius 2 is 1.82 bits per heavy atom. The van der Waals surface area contributed by atoms with E-state index in [2.05, 4.69) is 36.3 Å². The number of hydrogen-bond donors (Lipinski definition) is 4. The van der Waals surface area contributed by atoms with Crippen molar-refractivity contribution in [3.8, 4) is 5.75 Å². The van der Waals surface area contributed by atoms with E-state index in [0.29, 0.717) is 41.5 Å². The van der Waals surface area contributed by atoms with E-state index in [0.717, 1.165) is 16.8 Å². The Morgan fingerprint density at radius 3 is 2.49 bits per heavy atom. The molecule has 1 saturated heterocycles. The molecule has 0 aliphatic carbocycles. The van der Waals surface area contributed by atoms with Gasteiger partial charge in [-0.1, -0.05) is 74.3 Å². The molecule has 1 spiro atoms. The second kappa shape index (κ2) is 13.2. The van der Waals surface area contributed by atoms with Crippen molar-refractivity contribution in [3.05, 3.63) is 117 Å². The van der Waals surface area contributed by atoms with Crippen molar-refractivity contribution in [2.24, 2.45) is 5.41 Å². The molecule has 0 saturated carbocycles. The second-order valence-corrected chi connectivity index (χ2v) is 14.9. The average Bonchev–Trinajstić information content (AvgIpc) is 3.52. The lowest BCUT2D eigenvalue weighted by atomic mass is 9.63. The van der Waals surface area contributed by atoms with Crippen LogP contribution < -0.4 is 26.0 Å². The summed E-state index contributed by atoms with van der Waals surface area (Å²) in [5.41, 5.74) is 9.18. The number of anilines is 3. The van der Waals surface area contributed by atoms with Crippen LogP contribution in [0.3, 0.4) is 0 Å². The van der Waals surface area contributed by atoms with Crippen molar-refractivity contribution in [3.63, 3.8) is 0 Å². The maximum atomic E-state index is 16.4. The van der Waals surface area contributed by atoms with E-state index >= 15 is 4.39 Å². The summed E-state index contributed by atoms with van der Waals surface area (Å²) in [5.74, 6) is -2.66. The summed E-state index contributed by atoms with van der Waals surface area (Å²) < 4.78 is 21.8. The zero-order valence-corrected chi connectivity index (χ0v) is 29.2. The van der Waals surface area contributed by atoms with Gasteiger partial charge in [-0.15, -0.1) is 0 Å². The molecule has 8 nitrogen and oxygen atoms in total. The van der Waals surface area contributed by atoms with Gasteiger partial charge in [-0.3, -0.25) is 4.79 Å². The number of nitrogens with two attached hydrogens (primary N) is 1. The van der Waals surface area contributed by atoms with Gasteiger partial charge in [0.25, 0.3) is 0 Å². The molecule has 4 aromatic carbocycles. The van der Waals surface area contributed by atoms with Crippen LogP contribution in [0, 0.1) is 11.2 Å². The Hall–Kier alpha value is -4.31. The molecular weight excluding hydrogens is 666 g/mol. The van der Waals surface area contributed by atoms with Crippen LogP contribution in [-0.4, -0.2) is 42.7 Å². The second-order valence-electron chi connectivity index (χ2n) is 14.1. The number of rotatable bonds is 8. The number of carboxylic acids is 1. The number of nitrogen functional groups attached to an aromatic ring is 1. The number of carboxylic acid groups (broad SMARTS) is 1. The third-order valence-electron chi connectivity index (χ3n) is 9.62. The summed E-state index contributed by atoms with van der Waals surface area (Å²) in [7, 11) is 1.40. The van der Waals surface area contributed by atoms with E-state index in [9.17, 15) is 14.7 Å². The van der Waals surface area contributed by atoms with Crippen molar-refractivity contribution in [1.29, 1.82) is 0 Å². The van der Waals surface area contributed by atoms with Gasteiger partial charge in [0.1, 0.15) is 11.6 Å². The predicted octanol–water partition coefficient (Wildman–Crippen LogP) is 7.88. The number of carbonyl (C=O) groups excluding carboxylic acids is 1. The van der Waals surface area contributed by atoms with Crippen LogP contribution in [0.25, 0.3) is 0 Å². The summed E-state index contributed by atoms with van der Waals surface area (Å²) in [6.07, 6.45) is 0.657. The molecule has 0 aromatic heterocycles. The quantitative estimate of drug-likeness (QED) is 0.138. The molecule has 1 amide bonds. The van der Waals surface area contributed by atoms with Crippen molar-refractivity contribution >= 4 is 52.1 Å². The number of nitrogens with zero attached hydrogens (tertiary/aromatic N) is 1. The topological polar surface area (TPSA) is 117 Å². The minimum absolute atomic E-state index is 0.0133. The van der Waals surface area contributed by atoms with Gasteiger partial charge in [0.15, 0.2) is 0 Å². The molecule has 256 valence electrons. The summed E-state index contributed by atoms with van der Waals surface area (Å²) in [5, 5.41) is 16.7. The van der Waals surface area contributed by atoms with Gasteiger partial charge < -0.3 is 31.1 Å². The zero-order valence-electron chi connectivity index (χ0n) is 27.7. The Morgan fingerprint density at radius 1 is 1.08 bits per heavy atom. The average molecular weight is 706 g/mol. The van der Waals surface area contributed by atoms with Crippen molar-refractivity contribution in [2.75, 3.05) is 29.6 Å². The molecule has 1 fully saturated rings. The van der Waals surface area contributed by atoms with Gasteiger partial charge in [0.05, 0.1) is 29.4 Å². The monoisotopic (exact) mass is 704 g/mol. The fourth-order valence-electron chi connectivity index (χ4n) is 7.61. The third-order valence-corrected chi connectivity index (χ3v) is 10.1. The van der Waals surface area contributed by atoms with Gasteiger partial charge in [0, 0.05) is 46.9 Å². The number of ether oxygens (including phenoxy) is 1. The lowest BCUT2D eigenvalue weighted by molar-refractivity contribution is -0.118. The number of carbonyl (C=O) groups is 2. The maximum Gasteiger partial charge on any atom is 0.335 e. The number of amides is 1. The summed E-state index contributed by atoms with van der Waals surface area (Å²) >= 11 is 13.1. The number of fused-ring (bicyclic) bond motifs is 2. The number of methoxy groups -OCH3 is 1. The molecular formula is C38H39Cl2FN4O4. The fraction of sp³-hybridized carbons (Fsp3) is 0.316. The van der Waals surface area contributed by atoms with Crippen LogP contribution in [0.1, 0.15) is 60.2 Å². The van der Waals surface area contributed by atoms with Crippen molar-refractivity contribution < 1.29 is 23.8 Å². The lowest BCUT2D eigenvalue weighted by Gasteiger charge is -2.40. The first kappa shape index (κ1) is 34.5. The minimum Gasteiger partial charge on any atom is -0.495 e. The zero-order chi connectivity index (χ0) is 35.2. The van der Waals surface area contributed by atoms with E-state index in [1.54, 1.807) is 12.1 Å². The molecule has 5 N–H and O–H groups in total. The van der Waals surface area contributed by atoms with Crippen LogP contribution in [0.5, 0.6) is 5.75 Å². The van der Waals surface area contributed by atoms with E-state index in [-0.39, 0.29) is 27.8 Å². The van der Waals surface area contributed by atoms with Crippen LogP contribution in [0.4, 0.5) is 21.5 Å². The first-order valence-corrected chi connectivity index (χ1v) is 16.8. The standard InChI is InChI=1S/C38H39Cl2FN4O4/c1-37(2,3)18-31-38(20-45(19-21-8-12-24(42)13-9-21)29-17-23(39)11-14-26(29)38)32(25-6-5-7-27(40)33(25)41)34(44-31)35(46)43-28-15-10-22(36(47)48)16-30(28)49-4/h5-17,31-32,34,44H,18-20,42H2,1-4H3,(H,43,46)(H,47,48)/t31?,32-,34+,38-/m0/s1. The molecule has 4 aromatic rings. The molecule has 2 heterocycles. The first-order chi connectivity index (χ1) is 23.2. The molecule has 6 rings (SSSR count). The molecule has 11 heteroatoms. The Kier molecular flexibility index (Phi) is 9.30. The number of nitrogens with one attached hydrogen (secondary N) is 2. The van der Waals surface area contributed by atoms with Crippen LogP contribution in [0.15, 0.2) is 78.9 Å². The largest absolute Gasteiger partial charge is 0.495 e. The molecule has 4 atom stereocenters. The predicted molar refractivity (Wildman–Crippen MR) is 193 cm³/mol. The third kappa shape index (κ3) is 6.55. The van der Waals surface area contributed by atoms with E-state index in [1.807, 2.05) is 42.5 Å². The smallest absolute Gasteiger partial charge is 0.335 e.